The van der Waals surface area contributed by atoms with Gasteiger partial charge in [-0.1, -0.05) is 66.7 Å². The number of carboxylic acids is 1. The van der Waals surface area contributed by atoms with Crippen LogP contribution < -0.4 is 10.6 Å². The average Bonchev–Trinajstić information content (AvgIpc) is 3.12. The summed E-state index contributed by atoms with van der Waals surface area (Å²) in [5, 5.41) is 14.4. The largest absolute Gasteiger partial charge is 0.481 e. The van der Waals surface area contributed by atoms with Gasteiger partial charge in [-0.3, -0.25) is 9.59 Å². The van der Waals surface area contributed by atoms with E-state index in [2.05, 4.69) is 22.8 Å². The number of carbonyl (C=O) groups excluding carboxylic acids is 2. The van der Waals surface area contributed by atoms with Gasteiger partial charge in [0.25, 0.3) is 0 Å². The van der Waals surface area contributed by atoms with Gasteiger partial charge >= 0.3 is 12.1 Å². The highest BCUT2D eigenvalue weighted by molar-refractivity contribution is 6.00. The van der Waals surface area contributed by atoms with E-state index in [9.17, 15) is 14.4 Å². The molecule has 2 amide bonds. The number of alkyl carbamates (subject to hydrolysis) is 1. The fourth-order valence-electron chi connectivity index (χ4n) is 4.18. The molecule has 1 aliphatic carbocycles. The number of hydrogen-bond donors (Lipinski definition) is 3. The van der Waals surface area contributed by atoms with E-state index in [0.29, 0.717) is 11.3 Å². The van der Waals surface area contributed by atoms with Gasteiger partial charge in [0.05, 0.1) is 6.42 Å². The minimum absolute atomic E-state index is 0.0852. The number of carboxylic acid groups (broad SMARTS) is 1. The van der Waals surface area contributed by atoms with Gasteiger partial charge in [0, 0.05) is 11.6 Å². The molecule has 0 aliphatic heterocycles. The van der Waals surface area contributed by atoms with Gasteiger partial charge in [0.2, 0.25) is 5.91 Å². The lowest BCUT2D eigenvalue weighted by Crippen LogP contribution is -2.52. The van der Waals surface area contributed by atoms with Gasteiger partial charge < -0.3 is 20.5 Å². The van der Waals surface area contributed by atoms with Crippen molar-refractivity contribution in [2.45, 2.75) is 31.7 Å². The van der Waals surface area contributed by atoms with Crippen LogP contribution in [0.2, 0.25) is 0 Å². The molecule has 34 heavy (non-hydrogen) atoms. The van der Waals surface area contributed by atoms with Gasteiger partial charge in [0.1, 0.15) is 12.1 Å². The summed E-state index contributed by atoms with van der Waals surface area (Å²) in [7, 11) is 0. The first-order chi connectivity index (χ1) is 16.3. The fourth-order valence-corrected chi connectivity index (χ4v) is 4.18. The van der Waals surface area contributed by atoms with Crippen molar-refractivity contribution in [2.24, 2.45) is 0 Å². The number of aliphatic carboxylic acids is 1. The Morgan fingerprint density at radius 3 is 2.06 bits per heavy atom. The van der Waals surface area contributed by atoms with Crippen LogP contribution in [-0.2, 0) is 20.7 Å². The molecule has 3 N–H and O–H groups in total. The topological polar surface area (TPSA) is 105 Å². The van der Waals surface area contributed by atoms with E-state index in [-0.39, 0.29) is 18.9 Å². The normalized spacial score (nSPS) is 12.4. The molecule has 0 unspecified atom stereocenters. The highest BCUT2D eigenvalue weighted by atomic mass is 16.5. The van der Waals surface area contributed by atoms with Crippen LogP contribution in [0.3, 0.4) is 0 Å². The van der Waals surface area contributed by atoms with Crippen LogP contribution in [0.5, 0.6) is 0 Å². The number of carbonyl (C=O) groups is 3. The van der Waals surface area contributed by atoms with Crippen molar-refractivity contribution in [2.75, 3.05) is 11.9 Å². The smallest absolute Gasteiger partial charge is 0.408 e. The number of ether oxygens (including phenoxy) is 1. The number of benzene rings is 3. The molecule has 3 aromatic carbocycles. The monoisotopic (exact) mass is 458 g/mol. The Hall–Kier alpha value is -4.13. The zero-order chi connectivity index (χ0) is 24.3. The summed E-state index contributed by atoms with van der Waals surface area (Å²) >= 11 is 0. The quantitative estimate of drug-likeness (QED) is 0.481. The third-order valence-electron chi connectivity index (χ3n) is 5.93. The summed E-state index contributed by atoms with van der Waals surface area (Å²) in [4.78, 5) is 36.6. The van der Waals surface area contributed by atoms with Crippen molar-refractivity contribution < 1.29 is 24.2 Å². The maximum atomic E-state index is 12.9. The molecule has 174 valence electrons. The van der Waals surface area contributed by atoms with E-state index in [1.807, 2.05) is 36.4 Å². The molecular weight excluding hydrogens is 432 g/mol. The summed E-state index contributed by atoms with van der Waals surface area (Å²) in [6.07, 6.45) is -0.933. The number of fused-ring (bicyclic) bond motifs is 3. The average molecular weight is 459 g/mol. The lowest BCUT2D eigenvalue weighted by atomic mass is 9.98. The van der Waals surface area contributed by atoms with E-state index in [1.54, 1.807) is 38.1 Å². The summed E-state index contributed by atoms with van der Waals surface area (Å²) in [5.41, 5.74) is 4.03. The van der Waals surface area contributed by atoms with Crippen LogP contribution in [0.25, 0.3) is 11.1 Å². The third-order valence-corrected chi connectivity index (χ3v) is 5.93. The summed E-state index contributed by atoms with van der Waals surface area (Å²) in [5.74, 6) is -1.57. The van der Waals surface area contributed by atoms with E-state index in [0.717, 1.165) is 22.3 Å². The predicted molar refractivity (Wildman–Crippen MR) is 129 cm³/mol. The highest BCUT2D eigenvalue weighted by Gasteiger charge is 2.33. The molecule has 0 spiro atoms. The number of hydrogen-bond acceptors (Lipinski definition) is 4. The fraction of sp³-hybridized carbons (Fsp3) is 0.222. The number of nitrogens with one attached hydrogen (secondary N) is 2. The lowest BCUT2D eigenvalue weighted by Gasteiger charge is -2.26. The molecule has 0 radical (unpaired) electrons. The van der Waals surface area contributed by atoms with Crippen LogP contribution in [0.15, 0.2) is 72.8 Å². The van der Waals surface area contributed by atoms with E-state index in [4.69, 9.17) is 9.84 Å². The minimum atomic E-state index is -1.29. The van der Waals surface area contributed by atoms with E-state index < -0.39 is 23.5 Å². The van der Waals surface area contributed by atoms with Crippen molar-refractivity contribution in [1.82, 2.24) is 5.32 Å². The van der Waals surface area contributed by atoms with Crippen molar-refractivity contribution in [3.8, 4) is 11.1 Å². The molecule has 7 nitrogen and oxygen atoms in total. The Labute approximate surface area is 197 Å². The molecule has 0 bridgehead atoms. The molecule has 0 fully saturated rings. The van der Waals surface area contributed by atoms with E-state index in [1.165, 1.54) is 0 Å². The zero-order valence-corrected chi connectivity index (χ0v) is 19.0. The number of para-hydroxylation sites is 1. The predicted octanol–water partition coefficient (Wildman–Crippen LogP) is 4.57. The van der Waals surface area contributed by atoms with Gasteiger partial charge in [-0.25, -0.2) is 4.79 Å². The Bertz CT molecular complexity index is 1210. The van der Waals surface area contributed by atoms with Gasteiger partial charge in [-0.05, 0) is 47.7 Å². The molecule has 0 atom stereocenters. The Morgan fingerprint density at radius 2 is 1.44 bits per heavy atom. The second kappa shape index (κ2) is 9.39. The van der Waals surface area contributed by atoms with Crippen LogP contribution in [0, 0.1) is 0 Å². The van der Waals surface area contributed by atoms with Gasteiger partial charge in [-0.2, -0.15) is 0 Å². The first-order valence-corrected chi connectivity index (χ1v) is 11.0. The van der Waals surface area contributed by atoms with Gasteiger partial charge in [0.15, 0.2) is 0 Å². The Morgan fingerprint density at radius 1 is 0.882 bits per heavy atom. The second-order valence-electron chi connectivity index (χ2n) is 8.76. The number of rotatable bonds is 7. The standard InChI is InChI=1S/C27H26N2O5/c1-27(2,25(32)28-23-14-8-3-9-17(23)15-24(30)31)29-26(33)34-16-22-20-12-6-4-10-18(20)19-11-5-7-13-21(19)22/h3-14,22H,15-16H2,1-2H3,(H,28,32)(H,29,33)(H,30,31). The van der Waals surface area contributed by atoms with Crippen LogP contribution in [0.1, 0.15) is 36.5 Å². The number of anilines is 1. The van der Waals surface area contributed by atoms with Crippen molar-refractivity contribution >= 4 is 23.7 Å². The molecule has 0 saturated heterocycles. The van der Waals surface area contributed by atoms with Crippen molar-refractivity contribution in [3.63, 3.8) is 0 Å². The van der Waals surface area contributed by atoms with Gasteiger partial charge in [-0.15, -0.1) is 0 Å². The Balaban J connectivity index is 1.40. The maximum absolute atomic E-state index is 12.9. The maximum Gasteiger partial charge on any atom is 0.408 e. The van der Waals surface area contributed by atoms with E-state index >= 15 is 0 Å². The van der Waals surface area contributed by atoms with Crippen LogP contribution in [-0.4, -0.2) is 35.2 Å². The first kappa shape index (κ1) is 23.0. The molecule has 0 saturated carbocycles. The molecule has 0 aromatic heterocycles. The SMILES string of the molecule is CC(C)(NC(=O)OCC1c2ccccc2-c2ccccc21)C(=O)Nc1ccccc1CC(=O)O. The van der Waals surface area contributed by atoms with Crippen molar-refractivity contribution in [3.05, 3.63) is 89.5 Å². The zero-order valence-electron chi connectivity index (χ0n) is 19.0. The summed E-state index contributed by atoms with van der Waals surface area (Å²) < 4.78 is 5.54. The molecule has 0 heterocycles. The van der Waals surface area contributed by atoms with Crippen molar-refractivity contribution in [1.29, 1.82) is 0 Å². The number of amides is 2. The summed E-state index contributed by atoms with van der Waals surface area (Å²) in [6.45, 7) is 3.26. The second-order valence-corrected chi connectivity index (χ2v) is 8.76. The molecule has 4 rings (SSSR count). The van der Waals surface area contributed by atoms with Crippen LogP contribution in [0.4, 0.5) is 10.5 Å². The van der Waals surface area contributed by atoms with Crippen LogP contribution >= 0.6 is 0 Å². The molecule has 3 aromatic rings. The minimum Gasteiger partial charge on any atom is -0.481 e. The third kappa shape index (κ3) is 4.78. The molecule has 1 aliphatic rings. The molecular formula is C27H26N2O5. The lowest BCUT2D eigenvalue weighted by molar-refractivity contribution is -0.136. The first-order valence-electron chi connectivity index (χ1n) is 11.0. The molecule has 7 heteroatoms. The highest BCUT2D eigenvalue weighted by Crippen LogP contribution is 2.44. The Kier molecular flexibility index (Phi) is 6.36. The summed E-state index contributed by atoms with van der Waals surface area (Å²) in [6, 6.07) is 22.8.